The van der Waals surface area contributed by atoms with Crippen molar-refractivity contribution in [3.05, 3.63) is 64.7 Å². The summed E-state index contributed by atoms with van der Waals surface area (Å²) in [4.78, 5) is 0. The SMILES string of the molecule is C=C/C=C\C(=C(C)C)c1c(C)cccc1Cl. The third-order valence-corrected chi connectivity index (χ3v) is 2.74. The molecule has 0 aliphatic rings. The molecule has 0 radical (unpaired) electrons. The Hall–Kier alpha value is -1.27. The van der Waals surface area contributed by atoms with E-state index in [1.165, 1.54) is 16.7 Å². The van der Waals surface area contributed by atoms with Gasteiger partial charge < -0.3 is 0 Å². The average Bonchev–Trinajstić information content (AvgIpc) is 2.21. The quantitative estimate of drug-likeness (QED) is 0.630. The molecule has 84 valence electrons. The number of rotatable bonds is 3. The zero-order valence-corrected chi connectivity index (χ0v) is 10.8. The molecule has 0 aromatic heterocycles. The Bertz CT molecular complexity index is 426. The van der Waals surface area contributed by atoms with Crippen LogP contribution in [0, 0.1) is 6.92 Å². The standard InChI is InChI=1S/C15H17Cl/c1-5-6-9-13(11(2)3)15-12(4)8-7-10-14(15)16/h5-10H,1H2,2-4H3/b9-6-. The van der Waals surface area contributed by atoms with Gasteiger partial charge in [-0.25, -0.2) is 0 Å². The molecule has 1 heteroatoms. The zero-order chi connectivity index (χ0) is 12.1. The summed E-state index contributed by atoms with van der Waals surface area (Å²) < 4.78 is 0. The molecule has 0 atom stereocenters. The van der Waals surface area contributed by atoms with Gasteiger partial charge >= 0.3 is 0 Å². The first kappa shape index (κ1) is 12.8. The molecule has 0 aliphatic carbocycles. The fourth-order valence-corrected chi connectivity index (χ4v) is 1.96. The van der Waals surface area contributed by atoms with E-state index in [1.54, 1.807) is 6.08 Å². The number of allylic oxidation sites excluding steroid dienone is 5. The van der Waals surface area contributed by atoms with Gasteiger partial charge in [0.05, 0.1) is 0 Å². The number of aryl methyl sites for hydroxylation is 1. The predicted octanol–water partition coefficient (Wildman–Crippen LogP) is 5.18. The van der Waals surface area contributed by atoms with Crippen LogP contribution in [0.1, 0.15) is 25.0 Å². The fourth-order valence-electron chi connectivity index (χ4n) is 1.64. The minimum absolute atomic E-state index is 0.796. The van der Waals surface area contributed by atoms with E-state index in [1.807, 2.05) is 18.2 Å². The molecular weight excluding hydrogens is 216 g/mol. The van der Waals surface area contributed by atoms with E-state index in [4.69, 9.17) is 11.6 Å². The van der Waals surface area contributed by atoms with Gasteiger partial charge in [0.2, 0.25) is 0 Å². The Kier molecular flexibility index (Phi) is 4.57. The number of benzene rings is 1. The van der Waals surface area contributed by atoms with Crippen LogP contribution in [0.25, 0.3) is 5.57 Å². The Labute approximate surface area is 103 Å². The second-order valence-electron chi connectivity index (χ2n) is 3.94. The van der Waals surface area contributed by atoms with E-state index >= 15 is 0 Å². The van der Waals surface area contributed by atoms with Gasteiger partial charge in [-0.1, -0.05) is 54.1 Å². The lowest BCUT2D eigenvalue weighted by molar-refractivity contribution is 1.36. The minimum Gasteiger partial charge on any atom is -0.0991 e. The van der Waals surface area contributed by atoms with E-state index < -0.39 is 0 Å². The summed E-state index contributed by atoms with van der Waals surface area (Å²) >= 11 is 6.25. The van der Waals surface area contributed by atoms with E-state index in [0.29, 0.717) is 0 Å². The molecule has 0 saturated heterocycles. The lowest BCUT2D eigenvalue weighted by atomic mass is 9.96. The topological polar surface area (TPSA) is 0 Å². The van der Waals surface area contributed by atoms with Gasteiger partial charge in [0.15, 0.2) is 0 Å². The Balaban J connectivity index is 3.39. The highest BCUT2D eigenvalue weighted by Gasteiger charge is 2.08. The molecule has 0 unspecified atom stereocenters. The lowest BCUT2D eigenvalue weighted by Gasteiger charge is -2.11. The van der Waals surface area contributed by atoms with Crippen molar-refractivity contribution in [3.8, 4) is 0 Å². The van der Waals surface area contributed by atoms with Gasteiger partial charge in [-0.15, -0.1) is 0 Å². The van der Waals surface area contributed by atoms with E-state index in [2.05, 4.69) is 39.5 Å². The highest BCUT2D eigenvalue weighted by Crippen LogP contribution is 2.30. The smallest absolute Gasteiger partial charge is 0.0487 e. The maximum absolute atomic E-state index is 6.25. The Morgan fingerprint density at radius 3 is 2.50 bits per heavy atom. The fraction of sp³-hybridized carbons (Fsp3) is 0.200. The largest absolute Gasteiger partial charge is 0.0991 e. The van der Waals surface area contributed by atoms with Crippen LogP contribution < -0.4 is 0 Å². The van der Waals surface area contributed by atoms with Gasteiger partial charge in [0.1, 0.15) is 0 Å². The second kappa shape index (κ2) is 5.72. The summed E-state index contributed by atoms with van der Waals surface area (Å²) in [6, 6.07) is 5.97. The number of hydrogen-bond acceptors (Lipinski definition) is 0. The zero-order valence-electron chi connectivity index (χ0n) is 10.0. The third kappa shape index (κ3) is 2.86. The molecule has 0 saturated carbocycles. The van der Waals surface area contributed by atoms with Crippen LogP contribution >= 0.6 is 11.6 Å². The normalized spacial score (nSPS) is 10.5. The number of halogens is 1. The Morgan fingerprint density at radius 2 is 2.00 bits per heavy atom. The molecule has 1 aromatic carbocycles. The first-order chi connectivity index (χ1) is 7.57. The monoisotopic (exact) mass is 232 g/mol. The maximum Gasteiger partial charge on any atom is 0.0487 e. The second-order valence-corrected chi connectivity index (χ2v) is 4.35. The maximum atomic E-state index is 6.25. The van der Waals surface area contributed by atoms with Crippen molar-refractivity contribution < 1.29 is 0 Å². The van der Waals surface area contributed by atoms with Crippen LogP contribution in [-0.4, -0.2) is 0 Å². The number of hydrogen-bond donors (Lipinski definition) is 0. The van der Waals surface area contributed by atoms with Gasteiger partial charge in [-0.05, 0) is 38.0 Å². The molecular formula is C15H17Cl. The first-order valence-electron chi connectivity index (χ1n) is 5.30. The van der Waals surface area contributed by atoms with Crippen molar-refractivity contribution in [2.24, 2.45) is 0 Å². The average molecular weight is 233 g/mol. The van der Waals surface area contributed by atoms with Crippen LogP contribution in [0.4, 0.5) is 0 Å². The highest BCUT2D eigenvalue weighted by atomic mass is 35.5. The summed E-state index contributed by atoms with van der Waals surface area (Å²) in [6.45, 7) is 9.94. The van der Waals surface area contributed by atoms with Crippen LogP contribution in [0.3, 0.4) is 0 Å². The minimum atomic E-state index is 0.796. The highest BCUT2D eigenvalue weighted by molar-refractivity contribution is 6.32. The summed E-state index contributed by atoms with van der Waals surface area (Å²) in [7, 11) is 0. The van der Waals surface area contributed by atoms with E-state index in [-0.39, 0.29) is 0 Å². The first-order valence-corrected chi connectivity index (χ1v) is 5.67. The van der Waals surface area contributed by atoms with Crippen LogP contribution in [-0.2, 0) is 0 Å². The van der Waals surface area contributed by atoms with Gasteiger partial charge in [-0.2, -0.15) is 0 Å². The van der Waals surface area contributed by atoms with E-state index in [9.17, 15) is 0 Å². The third-order valence-electron chi connectivity index (χ3n) is 2.43. The molecule has 16 heavy (non-hydrogen) atoms. The van der Waals surface area contributed by atoms with Crippen molar-refractivity contribution in [3.63, 3.8) is 0 Å². The molecule has 0 fully saturated rings. The van der Waals surface area contributed by atoms with Crippen LogP contribution in [0.2, 0.25) is 5.02 Å². The van der Waals surface area contributed by atoms with Crippen molar-refractivity contribution in [2.45, 2.75) is 20.8 Å². The molecule has 0 bridgehead atoms. The lowest BCUT2D eigenvalue weighted by Crippen LogP contribution is -1.90. The van der Waals surface area contributed by atoms with Crippen molar-refractivity contribution in [1.82, 2.24) is 0 Å². The molecule has 0 aliphatic heterocycles. The molecule has 0 heterocycles. The predicted molar refractivity (Wildman–Crippen MR) is 73.8 cm³/mol. The summed E-state index contributed by atoms with van der Waals surface area (Å²) in [5.74, 6) is 0. The van der Waals surface area contributed by atoms with Crippen molar-refractivity contribution in [2.75, 3.05) is 0 Å². The summed E-state index contributed by atoms with van der Waals surface area (Å²) in [5, 5.41) is 0.796. The molecule has 0 amide bonds. The molecule has 1 rings (SSSR count). The van der Waals surface area contributed by atoms with Crippen molar-refractivity contribution >= 4 is 17.2 Å². The summed E-state index contributed by atoms with van der Waals surface area (Å²) in [5.41, 5.74) is 4.72. The van der Waals surface area contributed by atoms with Crippen LogP contribution in [0.15, 0.2) is 48.6 Å². The van der Waals surface area contributed by atoms with E-state index in [0.717, 1.165) is 10.6 Å². The molecule has 1 aromatic rings. The van der Waals surface area contributed by atoms with Crippen LogP contribution in [0.5, 0.6) is 0 Å². The van der Waals surface area contributed by atoms with Gasteiger partial charge in [0, 0.05) is 10.6 Å². The summed E-state index contributed by atoms with van der Waals surface area (Å²) in [6.07, 6.45) is 5.76. The van der Waals surface area contributed by atoms with Crippen molar-refractivity contribution in [1.29, 1.82) is 0 Å². The molecule has 0 spiro atoms. The molecule has 0 N–H and O–H groups in total. The molecule has 0 nitrogen and oxygen atoms in total. The van der Waals surface area contributed by atoms with Gasteiger partial charge in [-0.3, -0.25) is 0 Å². The van der Waals surface area contributed by atoms with Gasteiger partial charge in [0.25, 0.3) is 0 Å². The Morgan fingerprint density at radius 1 is 1.31 bits per heavy atom.